The smallest absolute Gasteiger partial charge is 0.227 e. The molecule has 15 heavy (non-hydrogen) atoms. The molecule has 0 fully saturated rings. The normalized spacial score (nSPS) is 10.6. The van der Waals surface area contributed by atoms with Crippen LogP contribution in [0.2, 0.25) is 0 Å². The second-order valence-corrected chi connectivity index (χ2v) is 3.51. The fourth-order valence-corrected chi connectivity index (χ4v) is 1.09. The fraction of sp³-hybridized carbons (Fsp3) is 0.750. The highest BCUT2D eigenvalue weighted by atomic mass is 16.1. The van der Waals surface area contributed by atoms with E-state index in [0.29, 0.717) is 12.4 Å². The molecule has 84 valence electrons. The molecule has 0 spiro atoms. The second-order valence-electron chi connectivity index (χ2n) is 3.51. The van der Waals surface area contributed by atoms with E-state index < -0.39 is 0 Å². The van der Waals surface area contributed by atoms with Gasteiger partial charge in [-0.1, -0.05) is 5.21 Å². The number of nitrogens with zero attached hydrogens (tertiary/aromatic N) is 4. The summed E-state index contributed by atoms with van der Waals surface area (Å²) in [7, 11) is 4.00. The SMILES string of the molecule is CN(C)CCCNC(=O)Cc1nn[nH]n1. The summed E-state index contributed by atoms with van der Waals surface area (Å²) in [5.41, 5.74) is 0. The van der Waals surface area contributed by atoms with Crippen LogP contribution in [0.5, 0.6) is 0 Å². The van der Waals surface area contributed by atoms with Crippen molar-refractivity contribution in [2.24, 2.45) is 0 Å². The monoisotopic (exact) mass is 212 g/mol. The number of amides is 1. The number of hydrogen-bond donors (Lipinski definition) is 2. The highest BCUT2D eigenvalue weighted by molar-refractivity contribution is 5.77. The van der Waals surface area contributed by atoms with Gasteiger partial charge in [0.15, 0.2) is 5.82 Å². The zero-order valence-corrected chi connectivity index (χ0v) is 9.03. The van der Waals surface area contributed by atoms with E-state index in [1.54, 1.807) is 0 Å². The van der Waals surface area contributed by atoms with Gasteiger partial charge < -0.3 is 10.2 Å². The van der Waals surface area contributed by atoms with E-state index in [2.05, 4.69) is 30.8 Å². The van der Waals surface area contributed by atoms with Crippen LogP contribution < -0.4 is 5.32 Å². The Hall–Kier alpha value is -1.50. The van der Waals surface area contributed by atoms with Crippen LogP contribution in [0.15, 0.2) is 0 Å². The highest BCUT2D eigenvalue weighted by Crippen LogP contribution is 1.86. The predicted molar refractivity (Wildman–Crippen MR) is 54.1 cm³/mol. The van der Waals surface area contributed by atoms with E-state index in [0.717, 1.165) is 13.0 Å². The van der Waals surface area contributed by atoms with Crippen LogP contribution in [-0.2, 0) is 11.2 Å². The molecule has 1 heterocycles. The molecule has 0 aliphatic rings. The van der Waals surface area contributed by atoms with Crippen LogP contribution in [0.4, 0.5) is 0 Å². The second kappa shape index (κ2) is 6.07. The van der Waals surface area contributed by atoms with Crippen LogP contribution in [0.3, 0.4) is 0 Å². The summed E-state index contributed by atoms with van der Waals surface area (Å²) in [6.07, 6.45) is 1.11. The highest BCUT2D eigenvalue weighted by Gasteiger charge is 2.05. The minimum absolute atomic E-state index is 0.0739. The number of aromatic nitrogens is 4. The van der Waals surface area contributed by atoms with E-state index in [4.69, 9.17) is 0 Å². The Morgan fingerprint density at radius 2 is 2.33 bits per heavy atom. The van der Waals surface area contributed by atoms with E-state index >= 15 is 0 Å². The van der Waals surface area contributed by atoms with Gasteiger partial charge in [0.2, 0.25) is 5.91 Å². The van der Waals surface area contributed by atoms with Gasteiger partial charge in [-0.3, -0.25) is 4.79 Å². The summed E-state index contributed by atoms with van der Waals surface area (Å²) in [5, 5.41) is 15.9. The first-order chi connectivity index (χ1) is 7.18. The first-order valence-corrected chi connectivity index (χ1v) is 4.82. The molecule has 2 N–H and O–H groups in total. The van der Waals surface area contributed by atoms with Crippen LogP contribution in [0.1, 0.15) is 12.2 Å². The largest absolute Gasteiger partial charge is 0.356 e. The molecule has 0 radical (unpaired) electrons. The molecule has 1 aromatic rings. The number of H-pyrrole nitrogens is 1. The minimum Gasteiger partial charge on any atom is -0.356 e. The van der Waals surface area contributed by atoms with E-state index in [1.165, 1.54) is 0 Å². The zero-order valence-electron chi connectivity index (χ0n) is 9.03. The summed E-state index contributed by atoms with van der Waals surface area (Å²) in [5.74, 6) is 0.343. The average molecular weight is 212 g/mol. The molecule has 0 aliphatic carbocycles. The topological polar surface area (TPSA) is 86.8 Å². The number of aromatic amines is 1. The van der Waals surface area contributed by atoms with Gasteiger partial charge in [0.25, 0.3) is 0 Å². The molecular formula is C8H16N6O. The van der Waals surface area contributed by atoms with Gasteiger partial charge in [-0.25, -0.2) is 0 Å². The lowest BCUT2D eigenvalue weighted by atomic mass is 10.3. The summed E-state index contributed by atoms with van der Waals surface area (Å²) in [6.45, 7) is 1.64. The molecule has 1 rings (SSSR count). The fourth-order valence-electron chi connectivity index (χ4n) is 1.09. The number of hydrogen-bond acceptors (Lipinski definition) is 5. The van der Waals surface area contributed by atoms with Crippen molar-refractivity contribution < 1.29 is 4.79 Å². The molecule has 0 atom stereocenters. The number of carbonyl (C=O) groups is 1. The maximum Gasteiger partial charge on any atom is 0.227 e. The molecule has 0 aliphatic heterocycles. The minimum atomic E-state index is -0.0739. The van der Waals surface area contributed by atoms with Gasteiger partial charge in [0, 0.05) is 6.54 Å². The lowest BCUT2D eigenvalue weighted by molar-refractivity contribution is -0.120. The molecule has 0 saturated heterocycles. The molecule has 1 aromatic heterocycles. The third-order valence-electron chi connectivity index (χ3n) is 1.81. The maximum atomic E-state index is 11.3. The van der Waals surface area contributed by atoms with E-state index in [1.807, 2.05) is 14.1 Å². The third-order valence-corrected chi connectivity index (χ3v) is 1.81. The standard InChI is InChI=1S/C8H16N6O/c1-14(2)5-3-4-9-8(15)6-7-10-12-13-11-7/h3-6H2,1-2H3,(H,9,15)(H,10,11,12,13). The Morgan fingerprint density at radius 1 is 1.53 bits per heavy atom. The molecule has 0 unspecified atom stereocenters. The average Bonchev–Trinajstić information content (AvgIpc) is 2.64. The van der Waals surface area contributed by atoms with Gasteiger partial charge in [-0.2, -0.15) is 5.21 Å². The van der Waals surface area contributed by atoms with Crippen LogP contribution in [-0.4, -0.2) is 58.6 Å². The first-order valence-electron chi connectivity index (χ1n) is 4.82. The van der Waals surface area contributed by atoms with Crippen molar-refractivity contribution in [1.82, 2.24) is 30.8 Å². The Labute approximate surface area is 88.2 Å². The van der Waals surface area contributed by atoms with Crippen molar-refractivity contribution in [2.75, 3.05) is 27.2 Å². The molecule has 0 aromatic carbocycles. The first kappa shape index (κ1) is 11.6. The van der Waals surface area contributed by atoms with Crippen LogP contribution in [0, 0.1) is 0 Å². The van der Waals surface area contributed by atoms with Gasteiger partial charge >= 0.3 is 0 Å². The number of carbonyl (C=O) groups excluding carboxylic acids is 1. The Kier molecular flexibility index (Phi) is 4.69. The van der Waals surface area contributed by atoms with E-state index in [9.17, 15) is 4.79 Å². The van der Waals surface area contributed by atoms with Gasteiger partial charge in [0.1, 0.15) is 0 Å². The summed E-state index contributed by atoms with van der Waals surface area (Å²) < 4.78 is 0. The molecule has 0 bridgehead atoms. The lowest BCUT2D eigenvalue weighted by Crippen LogP contribution is -2.28. The quantitative estimate of drug-likeness (QED) is 0.579. The van der Waals surface area contributed by atoms with Crippen LogP contribution >= 0.6 is 0 Å². The Morgan fingerprint density at radius 3 is 2.93 bits per heavy atom. The van der Waals surface area contributed by atoms with Crippen molar-refractivity contribution in [3.8, 4) is 0 Å². The van der Waals surface area contributed by atoms with Gasteiger partial charge in [-0.05, 0) is 27.1 Å². The lowest BCUT2D eigenvalue weighted by Gasteiger charge is -2.09. The predicted octanol–water partition coefficient (Wildman–Crippen LogP) is -1.19. The summed E-state index contributed by atoms with van der Waals surface area (Å²) in [6, 6.07) is 0. The molecular weight excluding hydrogens is 196 g/mol. The zero-order chi connectivity index (χ0) is 11.1. The number of nitrogens with one attached hydrogen (secondary N) is 2. The number of rotatable bonds is 6. The number of tetrazole rings is 1. The van der Waals surface area contributed by atoms with Crippen molar-refractivity contribution in [3.63, 3.8) is 0 Å². The molecule has 7 nitrogen and oxygen atoms in total. The molecule has 1 amide bonds. The summed E-state index contributed by atoms with van der Waals surface area (Å²) in [4.78, 5) is 13.4. The van der Waals surface area contributed by atoms with Crippen molar-refractivity contribution in [1.29, 1.82) is 0 Å². The van der Waals surface area contributed by atoms with Crippen molar-refractivity contribution in [3.05, 3.63) is 5.82 Å². The van der Waals surface area contributed by atoms with E-state index in [-0.39, 0.29) is 12.3 Å². The molecule has 0 saturated carbocycles. The van der Waals surface area contributed by atoms with Crippen molar-refractivity contribution in [2.45, 2.75) is 12.8 Å². The molecule has 7 heteroatoms. The Bertz CT molecular complexity index is 283. The van der Waals surface area contributed by atoms with Gasteiger partial charge in [0.05, 0.1) is 6.42 Å². The van der Waals surface area contributed by atoms with Crippen molar-refractivity contribution >= 4 is 5.91 Å². The van der Waals surface area contributed by atoms with Crippen LogP contribution in [0.25, 0.3) is 0 Å². The third kappa shape index (κ3) is 5.06. The van der Waals surface area contributed by atoms with Gasteiger partial charge in [-0.15, -0.1) is 10.2 Å². The maximum absolute atomic E-state index is 11.3. The summed E-state index contributed by atoms with van der Waals surface area (Å²) >= 11 is 0. The Balaban J connectivity index is 2.09.